The maximum absolute atomic E-state index is 12.1. The second-order valence-electron chi connectivity index (χ2n) is 5.64. The van der Waals surface area contributed by atoms with Gasteiger partial charge in [-0.2, -0.15) is 4.98 Å². The number of urea groups is 1. The van der Waals surface area contributed by atoms with Crippen molar-refractivity contribution in [1.29, 1.82) is 0 Å². The Labute approximate surface area is 135 Å². The summed E-state index contributed by atoms with van der Waals surface area (Å²) in [6.07, 6.45) is 0.107. The summed E-state index contributed by atoms with van der Waals surface area (Å²) in [6, 6.07) is 4.82. The molecule has 0 saturated carbocycles. The van der Waals surface area contributed by atoms with Gasteiger partial charge in [0.1, 0.15) is 11.8 Å². The van der Waals surface area contributed by atoms with Crippen molar-refractivity contribution in [3.05, 3.63) is 35.5 Å². The zero-order valence-electron chi connectivity index (χ0n) is 14.0. The van der Waals surface area contributed by atoms with Gasteiger partial charge in [0.15, 0.2) is 5.82 Å². The number of ether oxygens (including phenoxy) is 1. The van der Waals surface area contributed by atoms with E-state index in [1.807, 2.05) is 39.0 Å². The molecule has 0 fully saturated rings. The van der Waals surface area contributed by atoms with E-state index in [0.717, 1.165) is 11.3 Å². The van der Waals surface area contributed by atoms with Crippen molar-refractivity contribution in [2.24, 2.45) is 0 Å². The van der Waals surface area contributed by atoms with E-state index in [0.29, 0.717) is 17.4 Å². The average molecular weight is 318 g/mol. The Morgan fingerprint density at radius 3 is 2.57 bits per heavy atom. The molecule has 23 heavy (non-hydrogen) atoms. The molecule has 124 valence electrons. The van der Waals surface area contributed by atoms with Gasteiger partial charge in [0, 0.05) is 5.69 Å². The normalized spacial score (nSPS) is 12.1. The molecule has 0 radical (unpaired) electrons. The molecular weight excluding hydrogens is 296 g/mol. The van der Waals surface area contributed by atoms with E-state index in [4.69, 9.17) is 9.26 Å². The topological polar surface area (TPSA) is 89.3 Å². The fourth-order valence-corrected chi connectivity index (χ4v) is 2.03. The van der Waals surface area contributed by atoms with Crippen LogP contribution in [0, 0.1) is 13.8 Å². The van der Waals surface area contributed by atoms with Crippen LogP contribution < -0.4 is 15.4 Å². The molecule has 0 unspecified atom stereocenters. The van der Waals surface area contributed by atoms with Crippen LogP contribution >= 0.6 is 0 Å². The number of nitrogens with zero attached hydrogens (tertiary/aromatic N) is 2. The van der Waals surface area contributed by atoms with Crippen LogP contribution in [0.1, 0.15) is 44.1 Å². The third kappa shape index (κ3) is 4.70. The lowest BCUT2D eigenvalue weighted by Gasteiger charge is -2.15. The van der Waals surface area contributed by atoms with Crippen LogP contribution in [0.2, 0.25) is 0 Å². The molecule has 1 aromatic carbocycles. The number of aromatic nitrogens is 2. The zero-order valence-corrected chi connectivity index (χ0v) is 14.0. The molecule has 0 bridgehead atoms. The van der Waals surface area contributed by atoms with Crippen molar-refractivity contribution < 1.29 is 14.1 Å². The molecule has 7 heteroatoms. The molecule has 2 N–H and O–H groups in total. The predicted octanol–water partition coefficient (Wildman–Crippen LogP) is 3.36. The van der Waals surface area contributed by atoms with Gasteiger partial charge >= 0.3 is 6.03 Å². The van der Waals surface area contributed by atoms with E-state index < -0.39 is 0 Å². The summed E-state index contributed by atoms with van der Waals surface area (Å²) in [6.45, 7) is 9.35. The van der Waals surface area contributed by atoms with Gasteiger partial charge in [0.2, 0.25) is 5.89 Å². The molecule has 2 aromatic rings. The highest BCUT2D eigenvalue weighted by Crippen LogP contribution is 2.22. The SMILES string of the molecule is Cc1noc([C@@H](C)NC(=O)Nc2ccc(OC(C)C)cc2C)n1. The summed E-state index contributed by atoms with van der Waals surface area (Å²) in [5, 5.41) is 9.26. The fourth-order valence-electron chi connectivity index (χ4n) is 2.03. The van der Waals surface area contributed by atoms with Crippen molar-refractivity contribution in [2.45, 2.75) is 46.8 Å². The smallest absolute Gasteiger partial charge is 0.319 e. The van der Waals surface area contributed by atoms with Crippen LogP contribution in [0.4, 0.5) is 10.5 Å². The van der Waals surface area contributed by atoms with Gasteiger partial charge in [-0.25, -0.2) is 4.79 Å². The van der Waals surface area contributed by atoms with Gasteiger partial charge in [0.25, 0.3) is 0 Å². The van der Waals surface area contributed by atoms with Gasteiger partial charge in [-0.05, 0) is 58.4 Å². The van der Waals surface area contributed by atoms with Crippen LogP contribution in [0.15, 0.2) is 22.7 Å². The summed E-state index contributed by atoms with van der Waals surface area (Å²) in [5.74, 6) is 1.68. The van der Waals surface area contributed by atoms with Crippen LogP contribution in [0.3, 0.4) is 0 Å². The Morgan fingerprint density at radius 2 is 2.00 bits per heavy atom. The minimum Gasteiger partial charge on any atom is -0.491 e. The number of amides is 2. The van der Waals surface area contributed by atoms with Crippen molar-refractivity contribution in [3.63, 3.8) is 0 Å². The molecule has 0 aliphatic heterocycles. The number of hydrogen-bond donors (Lipinski definition) is 2. The van der Waals surface area contributed by atoms with Crippen LogP contribution in [0.25, 0.3) is 0 Å². The van der Waals surface area contributed by atoms with E-state index in [9.17, 15) is 4.79 Å². The number of anilines is 1. The molecule has 1 atom stereocenters. The third-order valence-electron chi connectivity index (χ3n) is 3.08. The summed E-state index contributed by atoms with van der Waals surface area (Å²) < 4.78 is 10.7. The lowest BCUT2D eigenvalue weighted by molar-refractivity contribution is 0.242. The molecule has 1 heterocycles. The third-order valence-corrected chi connectivity index (χ3v) is 3.08. The molecule has 2 rings (SSSR count). The summed E-state index contributed by atoms with van der Waals surface area (Å²) in [4.78, 5) is 16.2. The van der Waals surface area contributed by atoms with Gasteiger partial charge in [-0.1, -0.05) is 5.16 Å². The number of carbonyl (C=O) groups is 1. The van der Waals surface area contributed by atoms with Gasteiger partial charge < -0.3 is 19.9 Å². The lowest BCUT2D eigenvalue weighted by atomic mass is 10.2. The minimum atomic E-state index is -0.375. The standard InChI is InChI=1S/C16H22N4O3/c1-9(2)22-13-6-7-14(10(3)8-13)19-16(21)17-11(4)15-18-12(5)20-23-15/h6-9,11H,1-5H3,(H2,17,19,21)/t11-/m1/s1. The molecule has 0 saturated heterocycles. The zero-order chi connectivity index (χ0) is 17.0. The Hall–Kier alpha value is -2.57. The lowest BCUT2D eigenvalue weighted by Crippen LogP contribution is -2.31. The van der Waals surface area contributed by atoms with E-state index in [1.54, 1.807) is 13.8 Å². The molecule has 2 amide bonds. The van der Waals surface area contributed by atoms with E-state index in [-0.39, 0.29) is 18.2 Å². The monoisotopic (exact) mass is 318 g/mol. The second kappa shape index (κ2) is 7.13. The summed E-state index contributed by atoms with van der Waals surface area (Å²) >= 11 is 0. The largest absolute Gasteiger partial charge is 0.491 e. The van der Waals surface area contributed by atoms with Crippen molar-refractivity contribution in [1.82, 2.24) is 15.5 Å². The Balaban J connectivity index is 1.97. The number of aryl methyl sites for hydroxylation is 2. The van der Waals surface area contributed by atoms with E-state index >= 15 is 0 Å². The predicted molar refractivity (Wildman–Crippen MR) is 86.5 cm³/mol. The first-order valence-corrected chi connectivity index (χ1v) is 7.50. The highest BCUT2D eigenvalue weighted by Gasteiger charge is 2.16. The number of benzene rings is 1. The van der Waals surface area contributed by atoms with E-state index in [2.05, 4.69) is 20.8 Å². The van der Waals surface area contributed by atoms with Crippen LogP contribution in [-0.4, -0.2) is 22.3 Å². The summed E-state index contributed by atoms with van der Waals surface area (Å²) in [7, 11) is 0. The van der Waals surface area contributed by atoms with Gasteiger partial charge in [-0.3, -0.25) is 0 Å². The molecule has 0 aliphatic carbocycles. The first-order chi connectivity index (χ1) is 10.8. The first-order valence-electron chi connectivity index (χ1n) is 7.50. The number of rotatable bonds is 5. The highest BCUT2D eigenvalue weighted by atomic mass is 16.5. The van der Waals surface area contributed by atoms with Crippen molar-refractivity contribution >= 4 is 11.7 Å². The Bertz CT molecular complexity index is 682. The molecule has 0 spiro atoms. The number of carbonyl (C=O) groups excluding carboxylic acids is 1. The maximum atomic E-state index is 12.1. The average Bonchev–Trinajstić information content (AvgIpc) is 2.88. The van der Waals surface area contributed by atoms with Crippen molar-refractivity contribution in [2.75, 3.05) is 5.32 Å². The number of nitrogens with one attached hydrogen (secondary N) is 2. The number of hydrogen-bond acceptors (Lipinski definition) is 5. The molecule has 1 aromatic heterocycles. The van der Waals surface area contributed by atoms with E-state index in [1.165, 1.54) is 0 Å². The fraction of sp³-hybridized carbons (Fsp3) is 0.438. The minimum absolute atomic E-state index is 0.107. The Morgan fingerprint density at radius 1 is 1.26 bits per heavy atom. The quantitative estimate of drug-likeness (QED) is 0.882. The molecular formula is C16H22N4O3. The first kappa shape index (κ1) is 16.8. The van der Waals surface area contributed by atoms with Crippen LogP contribution in [-0.2, 0) is 0 Å². The van der Waals surface area contributed by atoms with Crippen LogP contribution in [0.5, 0.6) is 5.75 Å². The second-order valence-corrected chi connectivity index (χ2v) is 5.64. The Kier molecular flexibility index (Phi) is 5.20. The van der Waals surface area contributed by atoms with Gasteiger partial charge in [0.05, 0.1) is 6.10 Å². The van der Waals surface area contributed by atoms with Gasteiger partial charge in [-0.15, -0.1) is 0 Å². The maximum Gasteiger partial charge on any atom is 0.319 e. The molecule has 7 nitrogen and oxygen atoms in total. The molecule has 0 aliphatic rings. The van der Waals surface area contributed by atoms with Crippen molar-refractivity contribution in [3.8, 4) is 5.75 Å². The highest BCUT2D eigenvalue weighted by molar-refractivity contribution is 5.90. The summed E-state index contributed by atoms with van der Waals surface area (Å²) in [5.41, 5.74) is 1.63.